The zero-order valence-electron chi connectivity index (χ0n) is 14.0. The van der Waals surface area contributed by atoms with Gasteiger partial charge in [0.05, 0.1) is 6.04 Å². The van der Waals surface area contributed by atoms with Crippen LogP contribution in [0.5, 0.6) is 0 Å². The molecule has 1 aliphatic rings. The van der Waals surface area contributed by atoms with Crippen molar-refractivity contribution in [3.05, 3.63) is 35.7 Å². The first-order valence-corrected chi connectivity index (χ1v) is 10.3. The molecule has 1 aliphatic heterocycles. The van der Waals surface area contributed by atoms with Gasteiger partial charge in [0.25, 0.3) is 10.0 Å². The molecule has 0 aliphatic carbocycles. The molecule has 2 aromatic heterocycles. The average Bonchev–Trinajstić information content (AvgIpc) is 3.25. The van der Waals surface area contributed by atoms with Crippen molar-refractivity contribution < 1.29 is 13.2 Å². The minimum absolute atomic E-state index is 0.202. The molecular weight excluding hydrogens is 362 g/mol. The van der Waals surface area contributed by atoms with Gasteiger partial charge < -0.3 is 14.8 Å². The number of hydrogen-bond donors (Lipinski definition) is 2. The summed E-state index contributed by atoms with van der Waals surface area (Å²) >= 11 is 1.12. The summed E-state index contributed by atoms with van der Waals surface area (Å²) in [6.45, 7) is 3.32. The molecule has 3 rings (SSSR count). The third kappa shape index (κ3) is 3.76. The van der Waals surface area contributed by atoms with E-state index in [2.05, 4.69) is 15.0 Å². The Morgan fingerprint density at radius 1 is 1.52 bits per heavy atom. The maximum atomic E-state index is 12.9. The minimum Gasteiger partial charge on any atom is -0.336 e. The van der Waals surface area contributed by atoms with E-state index in [0.29, 0.717) is 19.6 Å². The van der Waals surface area contributed by atoms with Crippen molar-refractivity contribution in [3.8, 4) is 0 Å². The fraction of sp³-hybridized carbons (Fsp3) is 0.467. The lowest BCUT2D eigenvalue weighted by atomic mass is 10.1. The van der Waals surface area contributed by atoms with Crippen molar-refractivity contribution in [1.29, 1.82) is 0 Å². The maximum Gasteiger partial charge on any atom is 0.250 e. The SMILES string of the molecule is CC(NS(=O)(=O)c1cccs1)C(=O)N1CCNCC1c1nccn1C. The Morgan fingerprint density at radius 3 is 2.96 bits per heavy atom. The van der Waals surface area contributed by atoms with Crippen LogP contribution in [-0.4, -0.2) is 54.5 Å². The Morgan fingerprint density at radius 2 is 2.32 bits per heavy atom. The van der Waals surface area contributed by atoms with Crippen LogP contribution in [0.2, 0.25) is 0 Å². The molecule has 0 aromatic carbocycles. The summed E-state index contributed by atoms with van der Waals surface area (Å²) in [5.74, 6) is 0.517. The van der Waals surface area contributed by atoms with Gasteiger partial charge in [-0.2, -0.15) is 4.72 Å². The monoisotopic (exact) mass is 383 g/mol. The summed E-state index contributed by atoms with van der Waals surface area (Å²) in [7, 11) is -1.82. The third-order valence-electron chi connectivity index (χ3n) is 4.15. The molecule has 8 nitrogen and oxygen atoms in total. The third-order valence-corrected chi connectivity index (χ3v) is 7.08. The summed E-state index contributed by atoms with van der Waals surface area (Å²) in [5, 5.41) is 4.95. The van der Waals surface area contributed by atoms with Crippen molar-refractivity contribution >= 4 is 27.3 Å². The number of piperazine rings is 1. The first kappa shape index (κ1) is 18.1. The Balaban J connectivity index is 1.77. The van der Waals surface area contributed by atoms with Gasteiger partial charge in [0.15, 0.2) is 0 Å². The smallest absolute Gasteiger partial charge is 0.250 e. The van der Waals surface area contributed by atoms with Gasteiger partial charge in [-0.1, -0.05) is 6.07 Å². The van der Waals surface area contributed by atoms with Crippen LogP contribution in [0.4, 0.5) is 0 Å². The van der Waals surface area contributed by atoms with Crippen LogP contribution in [0.3, 0.4) is 0 Å². The standard InChI is InChI=1S/C15H21N5O3S2/c1-11(18-25(22,23)13-4-3-9-24-13)15(21)20-8-5-16-10-12(20)14-17-6-7-19(14)2/h3-4,6-7,9,11-12,16,18H,5,8,10H2,1-2H3. The van der Waals surface area contributed by atoms with Crippen molar-refractivity contribution in [1.82, 2.24) is 24.5 Å². The molecule has 0 spiro atoms. The Hall–Kier alpha value is -1.75. The first-order chi connectivity index (χ1) is 11.9. The Kier molecular flexibility index (Phi) is 5.23. The second-order valence-electron chi connectivity index (χ2n) is 5.92. The zero-order chi connectivity index (χ0) is 18.0. The van der Waals surface area contributed by atoms with Gasteiger partial charge in [0.1, 0.15) is 16.1 Å². The van der Waals surface area contributed by atoms with Gasteiger partial charge in [0.2, 0.25) is 5.91 Å². The normalized spacial score (nSPS) is 19.8. The van der Waals surface area contributed by atoms with Crippen LogP contribution in [0.25, 0.3) is 0 Å². The Bertz CT molecular complexity index is 831. The number of aryl methyl sites for hydroxylation is 1. The van der Waals surface area contributed by atoms with E-state index in [1.54, 1.807) is 29.5 Å². The second-order valence-corrected chi connectivity index (χ2v) is 8.81. The lowest BCUT2D eigenvalue weighted by Crippen LogP contribution is -2.54. The number of nitrogens with one attached hydrogen (secondary N) is 2. The van der Waals surface area contributed by atoms with Crippen LogP contribution < -0.4 is 10.0 Å². The molecule has 2 atom stereocenters. The molecule has 1 fully saturated rings. The number of sulfonamides is 1. The molecule has 2 unspecified atom stereocenters. The van der Waals surface area contributed by atoms with Crippen LogP contribution in [0, 0.1) is 0 Å². The highest BCUT2D eigenvalue weighted by atomic mass is 32.2. The summed E-state index contributed by atoms with van der Waals surface area (Å²) in [6, 6.07) is 2.10. The number of thiophene rings is 1. The number of nitrogens with zero attached hydrogens (tertiary/aromatic N) is 3. The van der Waals surface area contributed by atoms with Crippen LogP contribution >= 0.6 is 11.3 Å². The van der Waals surface area contributed by atoms with Crippen LogP contribution in [-0.2, 0) is 21.9 Å². The summed E-state index contributed by atoms with van der Waals surface area (Å²) in [6.07, 6.45) is 3.52. The number of carbonyl (C=O) groups is 1. The highest BCUT2D eigenvalue weighted by Crippen LogP contribution is 2.22. The second kappa shape index (κ2) is 7.24. The number of rotatable bonds is 5. The molecular formula is C15H21N5O3S2. The molecule has 3 heterocycles. The van der Waals surface area contributed by atoms with Crippen molar-refractivity contribution in [3.63, 3.8) is 0 Å². The van der Waals surface area contributed by atoms with E-state index in [0.717, 1.165) is 17.2 Å². The first-order valence-electron chi connectivity index (χ1n) is 7.94. The van der Waals surface area contributed by atoms with Gasteiger partial charge in [-0.05, 0) is 18.4 Å². The zero-order valence-corrected chi connectivity index (χ0v) is 15.7. The lowest BCUT2D eigenvalue weighted by molar-refractivity contribution is -0.136. The molecule has 136 valence electrons. The quantitative estimate of drug-likeness (QED) is 0.775. The maximum absolute atomic E-state index is 12.9. The Labute approximate surface area is 150 Å². The number of amides is 1. The van der Waals surface area contributed by atoms with Gasteiger partial charge in [0, 0.05) is 39.1 Å². The topological polar surface area (TPSA) is 96.3 Å². The summed E-state index contributed by atoms with van der Waals surface area (Å²) in [5.41, 5.74) is 0. The number of hydrogen-bond acceptors (Lipinski definition) is 6. The molecule has 1 amide bonds. The van der Waals surface area contributed by atoms with Crippen molar-refractivity contribution in [2.75, 3.05) is 19.6 Å². The predicted molar refractivity (Wildman–Crippen MR) is 94.6 cm³/mol. The highest BCUT2D eigenvalue weighted by Gasteiger charge is 2.34. The largest absolute Gasteiger partial charge is 0.336 e. The lowest BCUT2D eigenvalue weighted by Gasteiger charge is -2.37. The summed E-state index contributed by atoms with van der Waals surface area (Å²) < 4.78 is 29.3. The van der Waals surface area contributed by atoms with E-state index in [9.17, 15) is 13.2 Å². The average molecular weight is 383 g/mol. The van der Waals surface area contributed by atoms with E-state index in [1.807, 2.05) is 17.8 Å². The van der Waals surface area contributed by atoms with E-state index in [4.69, 9.17) is 0 Å². The number of aromatic nitrogens is 2. The molecule has 25 heavy (non-hydrogen) atoms. The number of imidazole rings is 1. The van der Waals surface area contributed by atoms with E-state index >= 15 is 0 Å². The predicted octanol–water partition coefficient (Wildman–Crippen LogP) is 0.322. The van der Waals surface area contributed by atoms with Gasteiger partial charge in [-0.15, -0.1) is 11.3 Å². The van der Waals surface area contributed by atoms with Gasteiger partial charge in [-0.25, -0.2) is 13.4 Å². The van der Waals surface area contributed by atoms with Gasteiger partial charge in [-0.3, -0.25) is 4.79 Å². The van der Waals surface area contributed by atoms with E-state index < -0.39 is 16.1 Å². The molecule has 2 N–H and O–H groups in total. The number of carbonyl (C=O) groups excluding carboxylic acids is 1. The molecule has 0 saturated carbocycles. The van der Waals surface area contributed by atoms with Crippen molar-refractivity contribution in [2.24, 2.45) is 7.05 Å². The highest BCUT2D eigenvalue weighted by molar-refractivity contribution is 7.91. The molecule has 10 heteroatoms. The van der Waals surface area contributed by atoms with Crippen LogP contribution in [0.1, 0.15) is 18.8 Å². The van der Waals surface area contributed by atoms with E-state index in [1.165, 1.54) is 6.07 Å². The molecule has 0 radical (unpaired) electrons. The van der Waals surface area contributed by atoms with E-state index in [-0.39, 0.29) is 16.2 Å². The molecule has 0 bridgehead atoms. The van der Waals surface area contributed by atoms with Crippen molar-refractivity contribution in [2.45, 2.75) is 23.2 Å². The minimum atomic E-state index is -3.69. The fourth-order valence-electron chi connectivity index (χ4n) is 2.90. The fourth-order valence-corrected chi connectivity index (χ4v) is 5.11. The summed E-state index contributed by atoms with van der Waals surface area (Å²) in [4.78, 5) is 18.9. The molecule has 2 aromatic rings. The van der Waals surface area contributed by atoms with Gasteiger partial charge >= 0.3 is 0 Å². The van der Waals surface area contributed by atoms with Crippen LogP contribution in [0.15, 0.2) is 34.1 Å². The molecule has 1 saturated heterocycles.